The number of nitrogens with zero attached hydrogens (tertiary/aromatic N) is 1. The number of aromatic nitrogens is 2. The summed E-state index contributed by atoms with van der Waals surface area (Å²) in [6.45, 7) is 9.02. The Morgan fingerprint density at radius 3 is 1.94 bits per heavy atom. The minimum Gasteiger partial charge on any atom is -0.494 e. The van der Waals surface area contributed by atoms with E-state index >= 15 is 0 Å². The largest absolute Gasteiger partial charge is 0.494 e. The molecule has 0 aliphatic rings. The Balaban J connectivity index is 1.71. The topological polar surface area (TPSA) is 81.3 Å². The van der Waals surface area contributed by atoms with Crippen LogP contribution in [0.25, 0.3) is 0 Å². The molecule has 2 aromatic rings. The highest BCUT2D eigenvalue weighted by Crippen LogP contribution is 2.20. The van der Waals surface area contributed by atoms with Crippen LogP contribution in [0.1, 0.15) is 76.8 Å². The first-order chi connectivity index (χ1) is 15.5. The van der Waals surface area contributed by atoms with Crippen LogP contribution in [0, 0.1) is 5.92 Å². The lowest BCUT2D eigenvalue weighted by Gasteiger charge is -2.13. The lowest BCUT2D eigenvalue weighted by molar-refractivity contribution is -0.132. The Hall–Kier alpha value is -2.63. The maximum Gasteiger partial charge on any atom is 0.143 e. The average Bonchev–Trinajstić information content (AvgIpc) is 3.23. The van der Waals surface area contributed by atoms with E-state index in [0.717, 1.165) is 42.9 Å². The Kier molecular flexibility index (Phi) is 11.0. The van der Waals surface area contributed by atoms with Crippen molar-refractivity contribution in [3.05, 3.63) is 41.2 Å². The number of carbonyl (C=O) groups excluding carboxylic acids is 2. The zero-order valence-electron chi connectivity index (χ0n) is 20.0. The summed E-state index contributed by atoms with van der Waals surface area (Å²) >= 11 is 0. The van der Waals surface area contributed by atoms with Gasteiger partial charge in [-0.1, -0.05) is 27.7 Å². The lowest BCUT2D eigenvalue weighted by atomic mass is 9.91. The summed E-state index contributed by atoms with van der Waals surface area (Å²) in [6, 6.07) is 7.60. The molecule has 0 saturated carbocycles. The average molecular weight is 443 g/mol. The van der Waals surface area contributed by atoms with Crippen LogP contribution in [0.15, 0.2) is 24.3 Å². The van der Waals surface area contributed by atoms with E-state index in [1.54, 1.807) is 13.8 Å². The van der Waals surface area contributed by atoms with Crippen LogP contribution in [-0.4, -0.2) is 35.0 Å². The number of H-pyrrole nitrogens is 1. The highest BCUT2D eigenvalue weighted by molar-refractivity contribution is 6.02. The molecule has 0 aliphatic carbocycles. The Bertz CT molecular complexity index is 805. The first-order valence-electron chi connectivity index (χ1n) is 12.0. The Morgan fingerprint density at radius 1 is 0.875 bits per heavy atom. The van der Waals surface area contributed by atoms with Crippen LogP contribution in [0.4, 0.5) is 0 Å². The number of aromatic amines is 1. The van der Waals surface area contributed by atoms with Crippen molar-refractivity contribution in [2.24, 2.45) is 5.92 Å². The summed E-state index contributed by atoms with van der Waals surface area (Å²) in [5.41, 5.74) is 3.73. The third kappa shape index (κ3) is 7.50. The molecule has 0 atom stereocenters. The number of carbonyl (C=O) groups is 2. The number of hydrogen-bond donors (Lipinski definition) is 1. The minimum atomic E-state index is -0.478. The lowest BCUT2D eigenvalue weighted by Crippen LogP contribution is -2.23. The van der Waals surface area contributed by atoms with E-state index in [1.807, 2.05) is 24.3 Å². The van der Waals surface area contributed by atoms with Crippen LogP contribution in [-0.2, 0) is 28.9 Å². The monoisotopic (exact) mass is 442 g/mol. The minimum absolute atomic E-state index is 0.0305. The fraction of sp³-hybridized carbons (Fsp3) is 0.577. The molecule has 1 aromatic heterocycles. The summed E-state index contributed by atoms with van der Waals surface area (Å²) in [6.07, 6.45) is 5.84. The molecule has 6 nitrogen and oxygen atoms in total. The van der Waals surface area contributed by atoms with E-state index in [9.17, 15) is 9.59 Å². The molecule has 1 heterocycles. The van der Waals surface area contributed by atoms with Crippen LogP contribution < -0.4 is 9.47 Å². The molecule has 6 heteroatoms. The van der Waals surface area contributed by atoms with Crippen LogP contribution in [0.2, 0.25) is 0 Å². The number of benzene rings is 1. The summed E-state index contributed by atoms with van der Waals surface area (Å²) < 4.78 is 11.7. The molecule has 0 amide bonds. The zero-order valence-corrected chi connectivity index (χ0v) is 20.0. The number of hydrogen-bond acceptors (Lipinski definition) is 5. The Labute approximate surface area is 192 Å². The fourth-order valence-corrected chi connectivity index (χ4v) is 3.87. The summed E-state index contributed by atoms with van der Waals surface area (Å²) in [4.78, 5) is 23.9. The van der Waals surface area contributed by atoms with E-state index in [-0.39, 0.29) is 11.6 Å². The molecule has 0 fully saturated rings. The molecule has 2 rings (SSSR count). The van der Waals surface area contributed by atoms with E-state index in [1.165, 1.54) is 11.3 Å². The molecule has 32 heavy (non-hydrogen) atoms. The van der Waals surface area contributed by atoms with E-state index < -0.39 is 5.92 Å². The third-order valence-electron chi connectivity index (χ3n) is 5.77. The number of aryl methyl sites for hydroxylation is 2. The zero-order chi connectivity index (χ0) is 23.3. The quantitative estimate of drug-likeness (QED) is 0.283. The van der Waals surface area contributed by atoms with Crippen molar-refractivity contribution in [1.82, 2.24) is 10.2 Å². The van der Waals surface area contributed by atoms with Gasteiger partial charge in [-0.3, -0.25) is 14.7 Å². The maximum atomic E-state index is 12.0. The highest BCUT2D eigenvalue weighted by atomic mass is 16.5. The smallest absolute Gasteiger partial charge is 0.143 e. The van der Waals surface area contributed by atoms with Gasteiger partial charge in [-0.25, -0.2) is 0 Å². The molecular weight excluding hydrogens is 404 g/mol. The summed E-state index contributed by atoms with van der Waals surface area (Å²) in [5.74, 6) is 1.16. The van der Waals surface area contributed by atoms with Crippen LogP contribution >= 0.6 is 0 Å². The number of nitrogens with one attached hydrogen (secondary N) is 1. The SMILES string of the molecule is CCC(=O)C(CCCOc1ccc(OCCCc2c(CC)n[nH]c2CC)cc1)C(=O)CC. The third-order valence-corrected chi connectivity index (χ3v) is 5.77. The number of Topliss-reactive ketones (excluding diaryl/α,β-unsaturated/α-hetero) is 2. The fourth-order valence-electron chi connectivity index (χ4n) is 3.87. The van der Waals surface area contributed by atoms with Crippen molar-refractivity contribution in [2.75, 3.05) is 13.2 Å². The molecule has 0 spiro atoms. The normalized spacial score (nSPS) is 11.0. The van der Waals surface area contributed by atoms with Crippen molar-refractivity contribution >= 4 is 11.6 Å². The van der Waals surface area contributed by atoms with Gasteiger partial charge in [0.25, 0.3) is 0 Å². The molecule has 1 aromatic carbocycles. The van der Waals surface area contributed by atoms with Gasteiger partial charge in [0.05, 0.1) is 24.8 Å². The highest BCUT2D eigenvalue weighted by Gasteiger charge is 2.22. The van der Waals surface area contributed by atoms with Gasteiger partial charge < -0.3 is 9.47 Å². The second kappa shape index (κ2) is 13.7. The molecule has 0 radical (unpaired) electrons. The molecular formula is C26H38N2O4. The molecule has 176 valence electrons. The standard InChI is InChI=1S/C26H38N2O4/c1-5-23-21(24(6-2)28-27-23)11-9-17-31-19-13-15-20(16-14-19)32-18-10-12-22(25(29)7-3)26(30)8-4/h13-16,22H,5-12,17-18H2,1-4H3,(H,27,28). The van der Waals surface area contributed by atoms with Gasteiger partial charge in [-0.2, -0.15) is 5.10 Å². The van der Waals surface area contributed by atoms with Crippen molar-refractivity contribution < 1.29 is 19.1 Å². The van der Waals surface area contributed by atoms with Crippen LogP contribution in [0.3, 0.4) is 0 Å². The van der Waals surface area contributed by atoms with Gasteiger partial charge in [0.15, 0.2) is 0 Å². The van der Waals surface area contributed by atoms with Gasteiger partial charge in [-0.05, 0) is 68.4 Å². The maximum absolute atomic E-state index is 12.0. The van der Waals surface area contributed by atoms with Crippen molar-refractivity contribution in [2.45, 2.75) is 79.1 Å². The predicted molar refractivity (Wildman–Crippen MR) is 126 cm³/mol. The van der Waals surface area contributed by atoms with Crippen molar-refractivity contribution in [1.29, 1.82) is 0 Å². The van der Waals surface area contributed by atoms with Gasteiger partial charge in [0.1, 0.15) is 23.1 Å². The summed E-state index contributed by atoms with van der Waals surface area (Å²) in [5, 5.41) is 7.55. The van der Waals surface area contributed by atoms with Gasteiger partial charge in [0.2, 0.25) is 0 Å². The van der Waals surface area contributed by atoms with E-state index in [0.29, 0.717) is 38.9 Å². The van der Waals surface area contributed by atoms with Crippen LogP contribution in [0.5, 0.6) is 11.5 Å². The van der Waals surface area contributed by atoms with Gasteiger partial charge in [-0.15, -0.1) is 0 Å². The van der Waals surface area contributed by atoms with Crippen molar-refractivity contribution in [3.8, 4) is 11.5 Å². The van der Waals surface area contributed by atoms with Gasteiger partial charge in [0, 0.05) is 18.5 Å². The second-order valence-corrected chi connectivity index (χ2v) is 7.94. The van der Waals surface area contributed by atoms with E-state index in [2.05, 4.69) is 24.0 Å². The first-order valence-corrected chi connectivity index (χ1v) is 12.0. The molecule has 0 unspecified atom stereocenters. The molecule has 0 aliphatic heterocycles. The van der Waals surface area contributed by atoms with Gasteiger partial charge >= 0.3 is 0 Å². The molecule has 0 saturated heterocycles. The number of ketones is 2. The number of rotatable bonds is 16. The molecule has 1 N–H and O–H groups in total. The second-order valence-electron chi connectivity index (χ2n) is 7.94. The summed E-state index contributed by atoms with van der Waals surface area (Å²) in [7, 11) is 0. The van der Waals surface area contributed by atoms with Crippen molar-refractivity contribution in [3.63, 3.8) is 0 Å². The van der Waals surface area contributed by atoms with E-state index in [4.69, 9.17) is 9.47 Å². The first kappa shape index (κ1) is 25.6. The molecule has 0 bridgehead atoms. The Morgan fingerprint density at radius 2 is 1.44 bits per heavy atom. The number of ether oxygens (including phenoxy) is 2. The predicted octanol–water partition coefficient (Wildman–Crippen LogP) is 5.28.